The standard InChI is InChI=1S/C22H32N6O2.HI/c1-14-19(15(2)28(4)27-14)13-25-22(23-3)24-9-7-8-16-10-18-20(26-16)11-17(29-5)12-21(18)30-6;/h10-12,26H,7-9,13H2,1-6H3,(H2,23,24,25);1H. The topological polar surface area (TPSA) is 88.5 Å². The number of methoxy groups -OCH3 is 2. The molecule has 0 fully saturated rings. The largest absolute Gasteiger partial charge is 0.497 e. The number of H-pyrrole nitrogens is 1. The molecular weight excluding hydrogens is 507 g/mol. The molecule has 31 heavy (non-hydrogen) atoms. The minimum atomic E-state index is 0. The summed E-state index contributed by atoms with van der Waals surface area (Å²) in [5.41, 5.74) is 5.62. The lowest BCUT2D eigenvalue weighted by Gasteiger charge is -2.12. The number of guanidine groups is 1. The van der Waals surface area contributed by atoms with Gasteiger partial charge < -0.3 is 25.1 Å². The van der Waals surface area contributed by atoms with E-state index in [-0.39, 0.29) is 24.0 Å². The number of aromatic nitrogens is 3. The van der Waals surface area contributed by atoms with Crippen molar-refractivity contribution in [2.75, 3.05) is 27.8 Å². The number of aryl methyl sites for hydroxylation is 3. The van der Waals surface area contributed by atoms with E-state index in [0.29, 0.717) is 6.54 Å². The second-order valence-electron chi connectivity index (χ2n) is 7.31. The van der Waals surface area contributed by atoms with Crippen LogP contribution >= 0.6 is 24.0 Å². The van der Waals surface area contributed by atoms with E-state index < -0.39 is 0 Å². The van der Waals surface area contributed by atoms with Gasteiger partial charge in [0, 0.05) is 61.7 Å². The highest BCUT2D eigenvalue weighted by atomic mass is 127. The van der Waals surface area contributed by atoms with Gasteiger partial charge in [-0.3, -0.25) is 9.67 Å². The van der Waals surface area contributed by atoms with E-state index in [4.69, 9.17) is 9.47 Å². The number of hydrogen-bond acceptors (Lipinski definition) is 4. The van der Waals surface area contributed by atoms with Gasteiger partial charge in [0.25, 0.3) is 0 Å². The Morgan fingerprint density at radius 1 is 1.16 bits per heavy atom. The number of aliphatic imine (C=N–C) groups is 1. The van der Waals surface area contributed by atoms with Crippen LogP contribution in [0.5, 0.6) is 11.5 Å². The highest BCUT2D eigenvalue weighted by molar-refractivity contribution is 14.0. The van der Waals surface area contributed by atoms with Crippen molar-refractivity contribution in [1.82, 2.24) is 25.4 Å². The lowest BCUT2D eigenvalue weighted by molar-refractivity contribution is 0.398. The van der Waals surface area contributed by atoms with Crippen LogP contribution in [-0.2, 0) is 20.0 Å². The van der Waals surface area contributed by atoms with E-state index >= 15 is 0 Å². The summed E-state index contributed by atoms with van der Waals surface area (Å²) < 4.78 is 12.8. The Hall–Kier alpha value is -2.43. The molecule has 0 saturated heterocycles. The van der Waals surface area contributed by atoms with Gasteiger partial charge in [-0.05, 0) is 32.8 Å². The van der Waals surface area contributed by atoms with Crippen molar-refractivity contribution in [3.63, 3.8) is 0 Å². The van der Waals surface area contributed by atoms with Crippen LogP contribution in [0.2, 0.25) is 0 Å². The van der Waals surface area contributed by atoms with Crippen molar-refractivity contribution in [2.45, 2.75) is 33.2 Å². The summed E-state index contributed by atoms with van der Waals surface area (Å²) >= 11 is 0. The number of fused-ring (bicyclic) bond motifs is 1. The molecular formula is C22H33IN6O2. The van der Waals surface area contributed by atoms with Gasteiger partial charge in [-0.2, -0.15) is 5.10 Å². The molecule has 2 aromatic heterocycles. The molecule has 0 bridgehead atoms. The Balaban J connectivity index is 0.00000341. The second-order valence-corrected chi connectivity index (χ2v) is 7.31. The monoisotopic (exact) mass is 540 g/mol. The molecule has 9 heteroatoms. The normalized spacial score (nSPS) is 11.4. The molecule has 0 aliphatic carbocycles. The molecule has 0 saturated carbocycles. The van der Waals surface area contributed by atoms with E-state index in [1.54, 1.807) is 21.3 Å². The summed E-state index contributed by atoms with van der Waals surface area (Å²) in [6.07, 6.45) is 1.89. The lowest BCUT2D eigenvalue weighted by Crippen LogP contribution is -2.37. The zero-order valence-corrected chi connectivity index (χ0v) is 21.5. The number of hydrogen-bond donors (Lipinski definition) is 3. The van der Waals surface area contributed by atoms with Crippen molar-refractivity contribution in [1.29, 1.82) is 0 Å². The van der Waals surface area contributed by atoms with E-state index in [0.717, 1.165) is 53.4 Å². The molecule has 0 aliphatic rings. The number of nitrogens with one attached hydrogen (secondary N) is 3. The molecule has 3 aromatic rings. The maximum Gasteiger partial charge on any atom is 0.191 e. The molecule has 0 atom stereocenters. The van der Waals surface area contributed by atoms with Crippen molar-refractivity contribution in [2.24, 2.45) is 12.0 Å². The highest BCUT2D eigenvalue weighted by Crippen LogP contribution is 2.31. The highest BCUT2D eigenvalue weighted by Gasteiger charge is 2.11. The molecule has 0 unspecified atom stereocenters. The Morgan fingerprint density at radius 3 is 2.55 bits per heavy atom. The minimum Gasteiger partial charge on any atom is -0.497 e. The van der Waals surface area contributed by atoms with Gasteiger partial charge in [-0.15, -0.1) is 24.0 Å². The SMILES string of the molecule is CN=C(NCCCc1cc2c(OC)cc(OC)cc2[nH]1)NCc1c(C)nn(C)c1C.I. The first kappa shape index (κ1) is 24.8. The Morgan fingerprint density at radius 2 is 1.94 bits per heavy atom. The predicted octanol–water partition coefficient (Wildman–Crippen LogP) is 3.45. The fraction of sp³-hybridized carbons (Fsp3) is 0.455. The van der Waals surface area contributed by atoms with Gasteiger partial charge in [0.15, 0.2) is 5.96 Å². The number of halogens is 1. The number of ether oxygens (including phenoxy) is 2. The van der Waals surface area contributed by atoms with E-state index in [9.17, 15) is 0 Å². The molecule has 8 nitrogen and oxygen atoms in total. The lowest BCUT2D eigenvalue weighted by atomic mass is 10.2. The number of benzene rings is 1. The van der Waals surface area contributed by atoms with Gasteiger partial charge in [-0.25, -0.2) is 0 Å². The van der Waals surface area contributed by atoms with Gasteiger partial charge in [0.2, 0.25) is 0 Å². The third-order valence-electron chi connectivity index (χ3n) is 5.42. The predicted molar refractivity (Wildman–Crippen MR) is 136 cm³/mol. The average molecular weight is 540 g/mol. The first-order chi connectivity index (χ1) is 14.5. The Kier molecular flexibility index (Phi) is 9.02. The summed E-state index contributed by atoms with van der Waals surface area (Å²) in [6, 6.07) is 6.05. The quantitative estimate of drug-likeness (QED) is 0.176. The van der Waals surface area contributed by atoms with Crippen LogP contribution < -0.4 is 20.1 Å². The fourth-order valence-electron chi connectivity index (χ4n) is 3.61. The van der Waals surface area contributed by atoms with Crippen LogP contribution in [0.1, 0.15) is 29.1 Å². The molecule has 3 N–H and O–H groups in total. The van der Waals surface area contributed by atoms with Crippen LogP contribution in [0.25, 0.3) is 10.9 Å². The number of rotatable bonds is 8. The smallest absolute Gasteiger partial charge is 0.191 e. The van der Waals surface area contributed by atoms with Crippen LogP contribution in [0, 0.1) is 13.8 Å². The molecule has 0 spiro atoms. The molecule has 0 amide bonds. The van der Waals surface area contributed by atoms with Crippen molar-refractivity contribution in [3.05, 3.63) is 40.8 Å². The summed E-state index contributed by atoms with van der Waals surface area (Å²) in [6.45, 7) is 5.64. The Labute approximate surface area is 200 Å². The van der Waals surface area contributed by atoms with Gasteiger partial charge >= 0.3 is 0 Å². The molecule has 170 valence electrons. The van der Waals surface area contributed by atoms with Gasteiger partial charge in [0.1, 0.15) is 11.5 Å². The minimum absolute atomic E-state index is 0. The third kappa shape index (κ3) is 5.84. The number of aromatic amines is 1. The maximum atomic E-state index is 5.49. The molecule has 3 rings (SSSR count). The fourth-order valence-corrected chi connectivity index (χ4v) is 3.61. The molecule has 0 radical (unpaired) electrons. The van der Waals surface area contributed by atoms with Crippen LogP contribution in [0.3, 0.4) is 0 Å². The summed E-state index contributed by atoms with van der Waals surface area (Å²) in [5.74, 6) is 2.39. The van der Waals surface area contributed by atoms with Crippen molar-refractivity contribution >= 4 is 40.8 Å². The van der Waals surface area contributed by atoms with Crippen LogP contribution in [0.4, 0.5) is 0 Å². The van der Waals surface area contributed by atoms with Crippen molar-refractivity contribution in [3.8, 4) is 11.5 Å². The third-order valence-corrected chi connectivity index (χ3v) is 5.42. The zero-order valence-electron chi connectivity index (χ0n) is 19.1. The van der Waals surface area contributed by atoms with Gasteiger partial charge in [0.05, 0.1) is 25.4 Å². The average Bonchev–Trinajstić information content (AvgIpc) is 3.26. The Bertz CT molecular complexity index is 1040. The van der Waals surface area contributed by atoms with Gasteiger partial charge in [-0.1, -0.05) is 0 Å². The first-order valence-corrected chi connectivity index (χ1v) is 10.1. The summed E-state index contributed by atoms with van der Waals surface area (Å²) in [5, 5.41) is 12.3. The molecule has 0 aliphatic heterocycles. The summed E-state index contributed by atoms with van der Waals surface area (Å²) in [7, 11) is 7.09. The van der Waals surface area contributed by atoms with E-state index in [2.05, 4.69) is 38.7 Å². The van der Waals surface area contributed by atoms with E-state index in [1.807, 2.05) is 30.8 Å². The second kappa shape index (κ2) is 11.3. The van der Waals surface area contributed by atoms with Crippen LogP contribution in [-0.4, -0.2) is 48.5 Å². The first-order valence-electron chi connectivity index (χ1n) is 10.1. The molecule has 1 aromatic carbocycles. The van der Waals surface area contributed by atoms with Crippen LogP contribution in [0.15, 0.2) is 23.2 Å². The maximum absolute atomic E-state index is 5.49. The van der Waals surface area contributed by atoms with Crippen molar-refractivity contribution < 1.29 is 9.47 Å². The zero-order chi connectivity index (χ0) is 21.7. The van der Waals surface area contributed by atoms with E-state index in [1.165, 1.54) is 17.0 Å². The summed E-state index contributed by atoms with van der Waals surface area (Å²) in [4.78, 5) is 7.78. The number of nitrogens with zero attached hydrogens (tertiary/aromatic N) is 3. The molecule has 2 heterocycles.